The Kier molecular flexibility index (Phi) is 7.19. The van der Waals surface area contributed by atoms with E-state index in [0.29, 0.717) is 5.92 Å². The standard InChI is InChI=1S/C9H19NO.C5H5N/c1-7(2)6-9(3,4)8(11)10-5;1-2-4-6-5-3-1/h7H,6H2,1-5H3,(H,10,11);1-5H. The van der Waals surface area contributed by atoms with Gasteiger partial charge in [-0.05, 0) is 24.5 Å². The van der Waals surface area contributed by atoms with Crippen LogP contribution in [0.4, 0.5) is 0 Å². The van der Waals surface area contributed by atoms with Crippen LogP contribution in [0.5, 0.6) is 0 Å². The molecule has 0 aliphatic carbocycles. The average molecular weight is 236 g/mol. The number of aromatic nitrogens is 1. The van der Waals surface area contributed by atoms with Gasteiger partial charge in [-0.1, -0.05) is 33.8 Å². The van der Waals surface area contributed by atoms with Gasteiger partial charge in [0.15, 0.2) is 0 Å². The van der Waals surface area contributed by atoms with Crippen molar-refractivity contribution in [1.29, 1.82) is 0 Å². The van der Waals surface area contributed by atoms with Crippen LogP contribution in [0.2, 0.25) is 0 Å². The van der Waals surface area contributed by atoms with Crippen LogP contribution in [0.25, 0.3) is 0 Å². The van der Waals surface area contributed by atoms with Crippen molar-refractivity contribution in [3.05, 3.63) is 30.6 Å². The van der Waals surface area contributed by atoms with Crippen molar-refractivity contribution in [2.24, 2.45) is 11.3 Å². The summed E-state index contributed by atoms with van der Waals surface area (Å²) in [6.45, 7) is 8.22. The second kappa shape index (κ2) is 7.82. The molecule has 1 heterocycles. The van der Waals surface area contributed by atoms with E-state index in [1.54, 1.807) is 19.4 Å². The Morgan fingerprint density at radius 2 is 1.76 bits per heavy atom. The third kappa shape index (κ3) is 7.50. The predicted molar refractivity (Wildman–Crippen MR) is 71.5 cm³/mol. The molecule has 3 nitrogen and oxygen atoms in total. The maximum atomic E-state index is 11.3. The zero-order valence-electron chi connectivity index (χ0n) is 11.5. The SMILES string of the molecule is CNC(=O)C(C)(C)CC(C)C.c1ccncc1. The minimum Gasteiger partial charge on any atom is -0.359 e. The summed E-state index contributed by atoms with van der Waals surface area (Å²) in [5.41, 5.74) is -0.219. The Bertz CT molecular complexity index is 281. The first-order valence-corrected chi connectivity index (χ1v) is 5.97. The van der Waals surface area contributed by atoms with Gasteiger partial charge in [0.25, 0.3) is 0 Å². The summed E-state index contributed by atoms with van der Waals surface area (Å²) >= 11 is 0. The molecule has 0 radical (unpaired) electrons. The molecule has 96 valence electrons. The highest BCUT2D eigenvalue weighted by Gasteiger charge is 2.26. The summed E-state index contributed by atoms with van der Waals surface area (Å²) in [6, 6.07) is 5.72. The molecular formula is C14H24N2O. The fraction of sp³-hybridized carbons (Fsp3) is 0.571. The Morgan fingerprint density at radius 3 is 2.00 bits per heavy atom. The van der Waals surface area contributed by atoms with Gasteiger partial charge in [0.05, 0.1) is 0 Å². The molecule has 0 aromatic carbocycles. The van der Waals surface area contributed by atoms with Crippen LogP contribution >= 0.6 is 0 Å². The fourth-order valence-corrected chi connectivity index (χ4v) is 1.76. The van der Waals surface area contributed by atoms with Gasteiger partial charge in [-0.15, -0.1) is 0 Å². The van der Waals surface area contributed by atoms with Crippen molar-refractivity contribution in [2.75, 3.05) is 7.05 Å². The molecule has 1 rings (SSSR count). The molecular weight excluding hydrogens is 212 g/mol. The van der Waals surface area contributed by atoms with Gasteiger partial charge in [-0.2, -0.15) is 0 Å². The monoisotopic (exact) mass is 236 g/mol. The van der Waals surface area contributed by atoms with Gasteiger partial charge in [0.2, 0.25) is 5.91 Å². The summed E-state index contributed by atoms with van der Waals surface area (Å²) in [7, 11) is 1.68. The van der Waals surface area contributed by atoms with Crippen LogP contribution in [0.15, 0.2) is 30.6 Å². The van der Waals surface area contributed by atoms with Crippen molar-refractivity contribution in [1.82, 2.24) is 10.3 Å². The highest BCUT2D eigenvalue weighted by atomic mass is 16.2. The quantitative estimate of drug-likeness (QED) is 0.876. The Hall–Kier alpha value is -1.38. The molecule has 1 aromatic heterocycles. The number of amides is 1. The van der Waals surface area contributed by atoms with Gasteiger partial charge in [0, 0.05) is 24.9 Å². The summed E-state index contributed by atoms with van der Waals surface area (Å²) in [5, 5.41) is 2.67. The molecule has 0 saturated heterocycles. The average Bonchev–Trinajstić information content (AvgIpc) is 2.29. The lowest BCUT2D eigenvalue weighted by atomic mass is 9.83. The number of pyridine rings is 1. The van der Waals surface area contributed by atoms with Crippen LogP contribution < -0.4 is 5.32 Å². The van der Waals surface area contributed by atoms with Crippen LogP contribution in [0.1, 0.15) is 34.1 Å². The number of nitrogens with zero attached hydrogens (tertiary/aromatic N) is 1. The molecule has 17 heavy (non-hydrogen) atoms. The second-order valence-corrected chi connectivity index (χ2v) is 5.09. The van der Waals surface area contributed by atoms with Crippen LogP contribution in [-0.4, -0.2) is 17.9 Å². The summed E-state index contributed by atoms with van der Waals surface area (Å²) < 4.78 is 0. The number of carbonyl (C=O) groups excluding carboxylic acids is 1. The third-order valence-electron chi connectivity index (χ3n) is 2.33. The first-order chi connectivity index (χ1) is 7.90. The summed E-state index contributed by atoms with van der Waals surface area (Å²) in [5.74, 6) is 0.702. The van der Waals surface area contributed by atoms with E-state index in [9.17, 15) is 4.79 Å². The Morgan fingerprint density at radius 1 is 1.24 bits per heavy atom. The van der Waals surface area contributed by atoms with E-state index in [-0.39, 0.29) is 11.3 Å². The van der Waals surface area contributed by atoms with E-state index < -0.39 is 0 Å². The maximum absolute atomic E-state index is 11.3. The number of rotatable bonds is 3. The molecule has 0 saturated carbocycles. The minimum absolute atomic E-state index is 0.131. The van der Waals surface area contributed by atoms with E-state index in [1.165, 1.54) is 0 Å². The largest absolute Gasteiger partial charge is 0.359 e. The molecule has 3 heteroatoms. The third-order valence-corrected chi connectivity index (χ3v) is 2.33. The number of nitrogens with one attached hydrogen (secondary N) is 1. The van der Waals surface area contributed by atoms with Gasteiger partial charge < -0.3 is 5.32 Å². The van der Waals surface area contributed by atoms with E-state index in [2.05, 4.69) is 24.1 Å². The molecule has 0 atom stereocenters. The van der Waals surface area contributed by atoms with Crippen molar-refractivity contribution >= 4 is 5.91 Å². The molecule has 0 unspecified atom stereocenters. The van der Waals surface area contributed by atoms with E-state index in [4.69, 9.17) is 0 Å². The number of hydrogen-bond donors (Lipinski definition) is 1. The minimum atomic E-state index is -0.219. The molecule has 0 bridgehead atoms. The van der Waals surface area contributed by atoms with E-state index >= 15 is 0 Å². The van der Waals surface area contributed by atoms with E-state index in [0.717, 1.165) is 6.42 Å². The zero-order valence-corrected chi connectivity index (χ0v) is 11.5. The molecule has 1 aromatic rings. The first-order valence-electron chi connectivity index (χ1n) is 5.97. The molecule has 0 spiro atoms. The van der Waals surface area contributed by atoms with Crippen LogP contribution in [0, 0.1) is 11.3 Å². The van der Waals surface area contributed by atoms with Gasteiger partial charge >= 0.3 is 0 Å². The lowest BCUT2D eigenvalue weighted by molar-refractivity contribution is -0.129. The highest BCUT2D eigenvalue weighted by molar-refractivity contribution is 5.81. The van der Waals surface area contributed by atoms with Crippen molar-refractivity contribution in [2.45, 2.75) is 34.1 Å². The van der Waals surface area contributed by atoms with Crippen LogP contribution in [0.3, 0.4) is 0 Å². The van der Waals surface area contributed by atoms with Crippen molar-refractivity contribution in [3.63, 3.8) is 0 Å². The Labute approximate surface area is 105 Å². The fourth-order valence-electron chi connectivity index (χ4n) is 1.76. The normalized spacial score (nSPS) is 10.5. The molecule has 0 aliphatic rings. The second-order valence-electron chi connectivity index (χ2n) is 5.09. The lowest BCUT2D eigenvalue weighted by Gasteiger charge is -2.24. The van der Waals surface area contributed by atoms with Crippen molar-refractivity contribution < 1.29 is 4.79 Å². The topological polar surface area (TPSA) is 42.0 Å². The smallest absolute Gasteiger partial charge is 0.225 e. The molecule has 0 fully saturated rings. The summed E-state index contributed by atoms with van der Waals surface area (Å²) in [6.07, 6.45) is 4.44. The maximum Gasteiger partial charge on any atom is 0.225 e. The highest BCUT2D eigenvalue weighted by Crippen LogP contribution is 2.24. The molecule has 0 aliphatic heterocycles. The van der Waals surface area contributed by atoms with Crippen LogP contribution in [-0.2, 0) is 4.79 Å². The number of hydrogen-bond acceptors (Lipinski definition) is 2. The number of carbonyl (C=O) groups is 1. The lowest BCUT2D eigenvalue weighted by Crippen LogP contribution is -2.35. The molecule has 1 amide bonds. The van der Waals surface area contributed by atoms with Gasteiger partial charge in [0.1, 0.15) is 0 Å². The Balaban J connectivity index is 0.000000354. The predicted octanol–water partition coefficient (Wildman–Crippen LogP) is 2.89. The first kappa shape index (κ1) is 15.6. The van der Waals surface area contributed by atoms with Crippen molar-refractivity contribution in [3.8, 4) is 0 Å². The van der Waals surface area contributed by atoms with Gasteiger partial charge in [-0.25, -0.2) is 0 Å². The zero-order chi connectivity index (χ0) is 13.3. The van der Waals surface area contributed by atoms with E-state index in [1.807, 2.05) is 32.0 Å². The molecule has 1 N–H and O–H groups in total. The van der Waals surface area contributed by atoms with Gasteiger partial charge in [-0.3, -0.25) is 9.78 Å². The summed E-state index contributed by atoms with van der Waals surface area (Å²) in [4.78, 5) is 15.0.